The summed E-state index contributed by atoms with van der Waals surface area (Å²) in [4.78, 5) is 2.59. The van der Waals surface area contributed by atoms with Gasteiger partial charge in [0.05, 0.1) is 11.6 Å². The van der Waals surface area contributed by atoms with Crippen LogP contribution in [0.25, 0.3) is 10.8 Å². The van der Waals surface area contributed by atoms with E-state index in [1.165, 1.54) is 12.8 Å². The summed E-state index contributed by atoms with van der Waals surface area (Å²) in [7, 11) is -3.51. The van der Waals surface area contributed by atoms with Crippen LogP contribution in [0.3, 0.4) is 0 Å². The first-order chi connectivity index (χ1) is 15.0. The Labute approximate surface area is 187 Å². The molecular weight excluding hydrogens is 430 g/mol. The minimum atomic E-state index is -3.51. The lowest BCUT2D eigenvalue weighted by molar-refractivity contribution is 0.144. The van der Waals surface area contributed by atoms with E-state index in [4.69, 9.17) is 17.3 Å². The third-order valence-corrected chi connectivity index (χ3v) is 8.56. The van der Waals surface area contributed by atoms with Gasteiger partial charge in [-0.15, -0.1) is 0 Å². The highest BCUT2D eigenvalue weighted by molar-refractivity contribution is 7.89. The summed E-state index contributed by atoms with van der Waals surface area (Å²) < 4.78 is 32.8. The van der Waals surface area contributed by atoms with Crippen molar-refractivity contribution in [3.63, 3.8) is 0 Å². The number of aromatic nitrogens is 3. The Morgan fingerprint density at radius 1 is 1.03 bits per heavy atom. The molecule has 2 heterocycles. The highest BCUT2D eigenvalue weighted by Crippen LogP contribution is 2.39. The van der Waals surface area contributed by atoms with Crippen LogP contribution in [0.15, 0.2) is 47.4 Å². The fraction of sp³-hybridized carbons (Fsp3) is 0.455. The molecule has 2 aliphatic rings. The maximum Gasteiger partial charge on any atom is 0.243 e. The monoisotopic (exact) mass is 457 g/mol. The summed E-state index contributed by atoms with van der Waals surface area (Å²) in [6, 6.07) is 13.2. The molecule has 0 amide bonds. The highest BCUT2D eigenvalue weighted by atomic mass is 32.2. The molecule has 1 saturated heterocycles. The average molecular weight is 458 g/mol. The smallest absolute Gasteiger partial charge is 0.243 e. The van der Waals surface area contributed by atoms with Crippen LogP contribution in [0.5, 0.6) is 0 Å². The minimum Gasteiger partial charge on any atom is -0.304 e. The van der Waals surface area contributed by atoms with E-state index in [0.29, 0.717) is 43.7 Å². The molecule has 1 aromatic heterocycles. The Morgan fingerprint density at radius 3 is 2.42 bits per heavy atom. The summed E-state index contributed by atoms with van der Waals surface area (Å²) in [6.07, 6.45) is 2.38. The second kappa shape index (κ2) is 8.12. The summed E-state index contributed by atoms with van der Waals surface area (Å²) >= 11 is 5.64. The molecule has 0 bridgehead atoms. The maximum atomic E-state index is 13.2. The van der Waals surface area contributed by atoms with Crippen LogP contribution in [0.4, 0.5) is 0 Å². The molecule has 164 valence electrons. The SMILES string of the molecule is CCn1c(C2CC2)nn(CN2CCN(S(=O)(=O)c3ccc4ccccc4c3)CC2)c1=S. The minimum absolute atomic E-state index is 0.359. The maximum absolute atomic E-state index is 13.2. The fourth-order valence-electron chi connectivity index (χ4n) is 4.27. The summed E-state index contributed by atoms with van der Waals surface area (Å²) in [5.41, 5.74) is 0. The highest BCUT2D eigenvalue weighted by Gasteiger charge is 2.31. The van der Waals surface area contributed by atoms with Gasteiger partial charge in [-0.2, -0.15) is 9.40 Å². The molecule has 7 nitrogen and oxygen atoms in total. The third-order valence-electron chi connectivity index (χ3n) is 6.23. The van der Waals surface area contributed by atoms with E-state index in [1.54, 1.807) is 16.4 Å². The van der Waals surface area contributed by atoms with E-state index in [-0.39, 0.29) is 0 Å². The van der Waals surface area contributed by atoms with Crippen LogP contribution in [0.2, 0.25) is 0 Å². The molecule has 9 heteroatoms. The van der Waals surface area contributed by atoms with E-state index in [0.717, 1.165) is 27.9 Å². The number of benzene rings is 2. The Balaban J connectivity index is 1.28. The molecule has 0 spiro atoms. The van der Waals surface area contributed by atoms with Crippen LogP contribution in [0, 0.1) is 4.77 Å². The quantitative estimate of drug-likeness (QED) is 0.531. The van der Waals surface area contributed by atoms with Gasteiger partial charge in [0.2, 0.25) is 10.0 Å². The number of sulfonamides is 1. The molecule has 1 aliphatic carbocycles. The van der Waals surface area contributed by atoms with Gasteiger partial charge >= 0.3 is 0 Å². The predicted octanol–water partition coefficient (Wildman–Crippen LogP) is 3.43. The largest absolute Gasteiger partial charge is 0.304 e. The number of fused-ring (bicyclic) bond motifs is 1. The molecule has 0 N–H and O–H groups in total. The van der Waals surface area contributed by atoms with Gasteiger partial charge < -0.3 is 4.57 Å². The number of rotatable bonds is 6. The van der Waals surface area contributed by atoms with Crippen molar-refractivity contribution >= 4 is 33.0 Å². The molecule has 0 radical (unpaired) electrons. The zero-order valence-corrected chi connectivity index (χ0v) is 19.3. The van der Waals surface area contributed by atoms with Crippen molar-refractivity contribution in [2.45, 2.75) is 43.8 Å². The Bertz CT molecular complexity index is 1270. The molecule has 1 saturated carbocycles. The number of piperazine rings is 1. The molecule has 0 atom stereocenters. The van der Waals surface area contributed by atoms with Crippen molar-refractivity contribution < 1.29 is 8.42 Å². The van der Waals surface area contributed by atoms with Gasteiger partial charge in [-0.05, 0) is 54.9 Å². The Hall–Kier alpha value is -2.07. The summed E-state index contributed by atoms with van der Waals surface area (Å²) in [5, 5.41) is 6.76. The van der Waals surface area contributed by atoms with E-state index in [9.17, 15) is 8.42 Å². The Morgan fingerprint density at radius 2 is 1.74 bits per heavy atom. The summed E-state index contributed by atoms with van der Waals surface area (Å²) in [6.45, 7) is 5.79. The van der Waals surface area contributed by atoms with Crippen LogP contribution in [0.1, 0.15) is 31.5 Å². The summed E-state index contributed by atoms with van der Waals surface area (Å²) in [5.74, 6) is 1.65. The van der Waals surface area contributed by atoms with Crippen LogP contribution >= 0.6 is 12.2 Å². The standard InChI is InChI=1S/C22H27N5O2S2/c1-2-26-21(18-7-8-18)23-27(22(26)30)16-24-11-13-25(14-12-24)31(28,29)20-10-9-17-5-3-4-6-19(17)15-20/h3-6,9-10,15,18H,2,7-8,11-14,16H2,1H3. The lowest BCUT2D eigenvalue weighted by Crippen LogP contribution is -2.48. The van der Waals surface area contributed by atoms with Crippen molar-refractivity contribution in [1.29, 1.82) is 0 Å². The first kappa shape index (κ1) is 20.8. The second-order valence-electron chi connectivity index (χ2n) is 8.33. The van der Waals surface area contributed by atoms with Gasteiger partial charge in [0.15, 0.2) is 4.77 Å². The predicted molar refractivity (Wildman–Crippen MR) is 123 cm³/mol. The second-order valence-corrected chi connectivity index (χ2v) is 10.6. The van der Waals surface area contributed by atoms with Gasteiger partial charge in [0.1, 0.15) is 5.82 Å². The first-order valence-electron chi connectivity index (χ1n) is 10.9. The van der Waals surface area contributed by atoms with Crippen molar-refractivity contribution in [2.24, 2.45) is 0 Å². The lowest BCUT2D eigenvalue weighted by Gasteiger charge is -2.33. The molecule has 1 aliphatic heterocycles. The lowest BCUT2D eigenvalue weighted by atomic mass is 10.1. The topological polar surface area (TPSA) is 63.4 Å². The molecule has 31 heavy (non-hydrogen) atoms. The molecular formula is C22H27N5O2S2. The molecule has 2 aromatic carbocycles. The Kier molecular flexibility index (Phi) is 5.45. The van der Waals surface area contributed by atoms with E-state index < -0.39 is 10.0 Å². The molecule has 3 aromatic rings. The van der Waals surface area contributed by atoms with Crippen molar-refractivity contribution in [3.05, 3.63) is 53.1 Å². The number of hydrogen-bond acceptors (Lipinski definition) is 5. The first-order valence-corrected chi connectivity index (χ1v) is 12.7. The van der Waals surface area contributed by atoms with Crippen molar-refractivity contribution in [1.82, 2.24) is 23.6 Å². The van der Waals surface area contributed by atoms with Crippen LogP contribution in [-0.4, -0.2) is 58.1 Å². The molecule has 0 unspecified atom stereocenters. The van der Waals surface area contributed by atoms with Crippen molar-refractivity contribution in [2.75, 3.05) is 26.2 Å². The third kappa shape index (κ3) is 3.95. The van der Waals surface area contributed by atoms with E-state index >= 15 is 0 Å². The van der Waals surface area contributed by atoms with Gasteiger partial charge in [0, 0.05) is 38.6 Å². The average Bonchev–Trinajstić information content (AvgIpc) is 3.59. The molecule has 5 rings (SSSR count). The van der Waals surface area contributed by atoms with Crippen molar-refractivity contribution in [3.8, 4) is 0 Å². The number of nitrogens with zero attached hydrogens (tertiary/aromatic N) is 5. The number of hydrogen-bond donors (Lipinski definition) is 0. The fourth-order valence-corrected chi connectivity index (χ4v) is 6.05. The van der Waals surface area contributed by atoms with E-state index in [2.05, 4.69) is 16.4 Å². The van der Waals surface area contributed by atoms with E-state index in [1.807, 2.05) is 35.0 Å². The molecule has 2 fully saturated rings. The van der Waals surface area contributed by atoms with Gasteiger partial charge in [0.25, 0.3) is 0 Å². The van der Waals surface area contributed by atoms with Crippen LogP contribution in [-0.2, 0) is 23.2 Å². The zero-order valence-electron chi connectivity index (χ0n) is 17.6. The normalized spacial score (nSPS) is 18.6. The van der Waals surface area contributed by atoms with Gasteiger partial charge in [-0.1, -0.05) is 30.3 Å². The van der Waals surface area contributed by atoms with Gasteiger partial charge in [-0.3, -0.25) is 4.90 Å². The van der Waals surface area contributed by atoms with Gasteiger partial charge in [-0.25, -0.2) is 13.1 Å². The van der Waals surface area contributed by atoms with Crippen LogP contribution < -0.4 is 0 Å². The zero-order chi connectivity index (χ0) is 21.6.